The van der Waals surface area contributed by atoms with Gasteiger partial charge in [0.2, 0.25) is 0 Å². The topological polar surface area (TPSA) is 99.0 Å². The summed E-state index contributed by atoms with van der Waals surface area (Å²) in [6.07, 6.45) is 0.856. The highest BCUT2D eigenvalue weighted by molar-refractivity contribution is 6.33. The summed E-state index contributed by atoms with van der Waals surface area (Å²) in [6, 6.07) is 5.84. The van der Waals surface area contributed by atoms with Gasteiger partial charge in [-0.25, -0.2) is 9.48 Å². The van der Waals surface area contributed by atoms with E-state index in [2.05, 4.69) is 20.8 Å². The minimum absolute atomic E-state index is 0.0585. The maximum Gasteiger partial charge on any atom is 0.329 e. The van der Waals surface area contributed by atoms with Crippen LogP contribution in [0.25, 0.3) is 0 Å². The Morgan fingerprint density at radius 3 is 2.69 bits per heavy atom. The number of hydrogen-bond donors (Lipinski definition) is 1. The summed E-state index contributed by atoms with van der Waals surface area (Å²) in [5.41, 5.74) is 0.305. The zero-order chi connectivity index (χ0) is 19.1. The van der Waals surface area contributed by atoms with Crippen LogP contribution in [0.2, 0.25) is 5.02 Å². The summed E-state index contributed by atoms with van der Waals surface area (Å²) in [5.74, 6) is -0.686. The van der Waals surface area contributed by atoms with Crippen LogP contribution in [0.1, 0.15) is 43.4 Å². The second-order valence-electron chi connectivity index (χ2n) is 6.10. The summed E-state index contributed by atoms with van der Waals surface area (Å²) in [4.78, 5) is 24.9. The maximum atomic E-state index is 12.5. The minimum Gasteiger partial charge on any atom is -0.456 e. The molecule has 0 aliphatic heterocycles. The molecule has 1 atom stereocenters. The molecule has 140 valence electrons. The van der Waals surface area contributed by atoms with E-state index in [1.807, 2.05) is 20.8 Å². The molecule has 2 aromatic rings. The van der Waals surface area contributed by atoms with E-state index < -0.39 is 17.9 Å². The third kappa shape index (κ3) is 5.01. The van der Waals surface area contributed by atoms with E-state index >= 15 is 0 Å². The van der Waals surface area contributed by atoms with Gasteiger partial charge in [0.25, 0.3) is 5.91 Å². The third-order valence-corrected chi connectivity index (χ3v) is 4.04. The number of carbonyl (C=O) groups excluding carboxylic acids is 2. The number of amides is 1. The molecule has 0 saturated heterocycles. The van der Waals surface area contributed by atoms with Crippen molar-refractivity contribution in [3.05, 3.63) is 40.7 Å². The fourth-order valence-electron chi connectivity index (χ4n) is 2.30. The molecule has 1 heterocycles. The number of aryl methyl sites for hydroxylation is 1. The van der Waals surface area contributed by atoms with Gasteiger partial charge in [-0.05, 0) is 34.9 Å². The molecule has 1 amide bonds. The normalized spacial score (nSPS) is 12.0. The average molecular weight is 380 g/mol. The lowest BCUT2D eigenvalue weighted by Gasteiger charge is -2.21. The number of nitrogens with one attached hydrogen (secondary N) is 1. The highest BCUT2D eigenvalue weighted by Gasteiger charge is 2.27. The van der Waals surface area contributed by atoms with Crippen molar-refractivity contribution in [3.8, 4) is 0 Å². The predicted molar refractivity (Wildman–Crippen MR) is 95.4 cm³/mol. The van der Waals surface area contributed by atoms with Gasteiger partial charge in [-0.3, -0.25) is 4.79 Å². The van der Waals surface area contributed by atoms with E-state index in [4.69, 9.17) is 16.3 Å². The van der Waals surface area contributed by atoms with Crippen molar-refractivity contribution < 1.29 is 14.3 Å². The summed E-state index contributed by atoms with van der Waals surface area (Å²) in [6.45, 7) is 6.21. The van der Waals surface area contributed by atoms with Crippen LogP contribution in [0.4, 0.5) is 0 Å². The van der Waals surface area contributed by atoms with Crippen LogP contribution in [-0.4, -0.2) is 38.1 Å². The number of ether oxygens (including phenoxy) is 1. The molecule has 0 spiro atoms. The van der Waals surface area contributed by atoms with Crippen molar-refractivity contribution in [2.24, 2.45) is 5.92 Å². The van der Waals surface area contributed by atoms with Crippen LogP contribution in [-0.2, 0) is 22.7 Å². The molecule has 0 bridgehead atoms. The van der Waals surface area contributed by atoms with Crippen LogP contribution in [0, 0.1) is 5.92 Å². The lowest BCUT2D eigenvalue weighted by molar-refractivity contribution is -0.148. The van der Waals surface area contributed by atoms with Gasteiger partial charge in [-0.1, -0.05) is 44.5 Å². The molecule has 1 aromatic heterocycles. The van der Waals surface area contributed by atoms with Crippen molar-refractivity contribution >= 4 is 23.5 Å². The molecule has 0 fully saturated rings. The molecule has 0 radical (unpaired) electrons. The van der Waals surface area contributed by atoms with Crippen molar-refractivity contribution in [1.82, 2.24) is 25.5 Å². The smallest absolute Gasteiger partial charge is 0.329 e. The van der Waals surface area contributed by atoms with Gasteiger partial charge >= 0.3 is 5.97 Å². The van der Waals surface area contributed by atoms with E-state index in [-0.39, 0.29) is 12.5 Å². The van der Waals surface area contributed by atoms with Crippen LogP contribution in [0.15, 0.2) is 24.3 Å². The highest BCUT2D eigenvalue weighted by Crippen LogP contribution is 2.16. The Morgan fingerprint density at radius 2 is 2.04 bits per heavy atom. The number of hydrogen-bond acceptors (Lipinski definition) is 6. The molecule has 1 aromatic carbocycles. The van der Waals surface area contributed by atoms with Crippen LogP contribution >= 0.6 is 11.6 Å². The average Bonchev–Trinajstić information content (AvgIpc) is 3.05. The number of halogens is 1. The first-order valence-corrected chi connectivity index (χ1v) is 8.78. The highest BCUT2D eigenvalue weighted by atomic mass is 35.5. The molecule has 8 nitrogen and oxygen atoms in total. The Morgan fingerprint density at radius 1 is 1.31 bits per heavy atom. The fourth-order valence-corrected chi connectivity index (χ4v) is 2.52. The first-order valence-electron chi connectivity index (χ1n) is 8.41. The van der Waals surface area contributed by atoms with E-state index in [1.54, 1.807) is 28.9 Å². The first-order chi connectivity index (χ1) is 12.4. The number of benzene rings is 1. The Kier molecular flexibility index (Phi) is 7.08. The van der Waals surface area contributed by atoms with E-state index in [9.17, 15) is 9.59 Å². The zero-order valence-corrected chi connectivity index (χ0v) is 15.7. The number of nitrogens with zero attached hydrogens (tertiary/aromatic N) is 4. The molecule has 9 heteroatoms. The molecular weight excluding hydrogens is 358 g/mol. The molecule has 1 N–H and O–H groups in total. The minimum atomic E-state index is -0.811. The standard InChI is InChI=1S/C17H22ClN5O3/c1-4-9-23-14(20-21-22-23)10-26-17(25)15(11(2)3)19-16(24)12-7-5-6-8-13(12)18/h5-8,11,15H,4,9-10H2,1-3H3,(H,19,24). The van der Waals surface area contributed by atoms with Crippen LogP contribution in [0.3, 0.4) is 0 Å². The Balaban J connectivity index is 2.02. The molecule has 0 aliphatic rings. The monoisotopic (exact) mass is 379 g/mol. The van der Waals surface area contributed by atoms with Crippen molar-refractivity contribution in [3.63, 3.8) is 0 Å². The summed E-state index contributed by atoms with van der Waals surface area (Å²) in [7, 11) is 0. The van der Waals surface area contributed by atoms with Gasteiger partial charge in [-0.2, -0.15) is 0 Å². The predicted octanol–water partition coefficient (Wildman–Crippen LogP) is 2.23. The molecule has 1 unspecified atom stereocenters. The summed E-state index contributed by atoms with van der Waals surface area (Å²) in [5, 5.41) is 14.3. The van der Waals surface area contributed by atoms with E-state index in [0.717, 1.165) is 6.42 Å². The van der Waals surface area contributed by atoms with Crippen LogP contribution < -0.4 is 5.32 Å². The van der Waals surface area contributed by atoms with Gasteiger partial charge in [0.1, 0.15) is 6.04 Å². The van der Waals surface area contributed by atoms with Crippen molar-refractivity contribution in [2.75, 3.05) is 0 Å². The Hall–Kier alpha value is -2.48. The van der Waals surface area contributed by atoms with Crippen molar-refractivity contribution in [1.29, 1.82) is 0 Å². The second kappa shape index (κ2) is 9.28. The number of carbonyl (C=O) groups is 2. The maximum absolute atomic E-state index is 12.5. The quantitative estimate of drug-likeness (QED) is 0.706. The Labute approximate surface area is 156 Å². The van der Waals surface area contributed by atoms with Crippen molar-refractivity contribution in [2.45, 2.75) is 46.4 Å². The zero-order valence-electron chi connectivity index (χ0n) is 15.0. The van der Waals surface area contributed by atoms with Gasteiger partial charge in [-0.15, -0.1) is 5.10 Å². The van der Waals surface area contributed by atoms with Gasteiger partial charge in [0, 0.05) is 6.54 Å². The lowest BCUT2D eigenvalue weighted by Crippen LogP contribution is -2.45. The van der Waals surface area contributed by atoms with Gasteiger partial charge in [0.05, 0.1) is 10.6 Å². The SMILES string of the molecule is CCCn1nnnc1COC(=O)C(NC(=O)c1ccccc1Cl)C(C)C. The van der Waals surface area contributed by atoms with Crippen LogP contribution in [0.5, 0.6) is 0 Å². The number of aromatic nitrogens is 4. The molecule has 0 aliphatic carbocycles. The molecule has 0 saturated carbocycles. The van der Waals surface area contributed by atoms with E-state index in [0.29, 0.717) is 23.0 Å². The molecule has 26 heavy (non-hydrogen) atoms. The van der Waals surface area contributed by atoms with Gasteiger partial charge < -0.3 is 10.1 Å². The first kappa shape index (κ1) is 19.8. The third-order valence-electron chi connectivity index (χ3n) is 3.71. The molecular formula is C17H22ClN5O3. The largest absolute Gasteiger partial charge is 0.456 e. The molecule has 2 rings (SSSR count). The van der Waals surface area contributed by atoms with Gasteiger partial charge in [0.15, 0.2) is 12.4 Å². The Bertz CT molecular complexity index is 762. The number of rotatable bonds is 8. The number of tetrazole rings is 1. The summed E-state index contributed by atoms with van der Waals surface area (Å²) < 4.78 is 6.90. The second-order valence-corrected chi connectivity index (χ2v) is 6.51. The van der Waals surface area contributed by atoms with E-state index in [1.165, 1.54) is 0 Å². The fraction of sp³-hybridized carbons (Fsp3) is 0.471. The lowest BCUT2D eigenvalue weighted by atomic mass is 10.0. The number of esters is 1. The summed E-state index contributed by atoms with van der Waals surface area (Å²) >= 11 is 6.04.